The molecular weight excluding hydrogens is 228 g/mol. The summed E-state index contributed by atoms with van der Waals surface area (Å²) < 4.78 is 0. The second kappa shape index (κ2) is 4.99. The van der Waals surface area contributed by atoms with Crippen molar-refractivity contribution in [3.63, 3.8) is 0 Å². The maximum Gasteiger partial charge on any atom is 0.243 e. The summed E-state index contributed by atoms with van der Waals surface area (Å²) in [5.41, 5.74) is 1.68. The molecule has 0 fully saturated rings. The van der Waals surface area contributed by atoms with Gasteiger partial charge in [-0.25, -0.2) is 0 Å². The van der Waals surface area contributed by atoms with E-state index in [2.05, 4.69) is 0 Å². The lowest BCUT2D eigenvalue weighted by Gasteiger charge is -2.13. The van der Waals surface area contributed by atoms with Gasteiger partial charge in [-0.2, -0.15) is 0 Å². The fourth-order valence-corrected chi connectivity index (χ4v) is 1.42. The molecule has 0 saturated heterocycles. The van der Waals surface area contributed by atoms with E-state index in [4.69, 9.17) is 11.6 Å². The van der Waals surface area contributed by atoms with E-state index in [0.717, 1.165) is 5.69 Å². The molecule has 0 unspecified atom stereocenters. The van der Waals surface area contributed by atoms with Crippen molar-refractivity contribution in [2.75, 3.05) is 19.0 Å². The van der Waals surface area contributed by atoms with Crippen LogP contribution in [0.3, 0.4) is 0 Å². The second-order valence-electron chi connectivity index (χ2n) is 3.64. The van der Waals surface area contributed by atoms with Crippen LogP contribution in [-0.4, -0.2) is 19.0 Å². The number of hydrogen-bond acceptors (Lipinski definition) is 3. The van der Waals surface area contributed by atoms with Gasteiger partial charge in [-0.3, -0.25) is 10.1 Å². The Morgan fingerprint density at radius 2 is 2.12 bits per heavy atom. The Balaban J connectivity index is 3.09. The fourth-order valence-electron chi connectivity index (χ4n) is 1.19. The summed E-state index contributed by atoms with van der Waals surface area (Å²) in [5.74, 6) is 0. The quantitative estimate of drug-likeness (QED) is 0.603. The van der Waals surface area contributed by atoms with Gasteiger partial charge in [0.1, 0.15) is 0 Å². The number of rotatable bonds is 3. The third-order valence-electron chi connectivity index (χ3n) is 2.15. The van der Waals surface area contributed by atoms with Gasteiger partial charge in [-0.05, 0) is 17.7 Å². The first kappa shape index (κ1) is 12.5. The van der Waals surface area contributed by atoms with Gasteiger partial charge in [0.15, 0.2) is 0 Å². The zero-order valence-electron chi connectivity index (χ0n) is 9.40. The SMILES string of the molecule is C/C(=C\c1ccc(N(C)C)cc1Cl)[N+](=O)[O-]. The summed E-state index contributed by atoms with van der Waals surface area (Å²) in [5, 5.41) is 11.0. The lowest BCUT2D eigenvalue weighted by atomic mass is 10.1. The Bertz CT molecular complexity index is 442. The summed E-state index contributed by atoms with van der Waals surface area (Å²) in [6.07, 6.45) is 1.46. The van der Waals surface area contributed by atoms with Crippen LogP contribution in [0.2, 0.25) is 5.02 Å². The zero-order valence-corrected chi connectivity index (χ0v) is 10.2. The molecule has 5 heteroatoms. The highest BCUT2D eigenvalue weighted by molar-refractivity contribution is 6.32. The predicted octanol–water partition coefficient (Wildman–Crippen LogP) is 3.04. The Kier molecular flexibility index (Phi) is 3.90. The van der Waals surface area contributed by atoms with Gasteiger partial charge >= 0.3 is 0 Å². The van der Waals surface area contributed by atoms with E-state index < -0.39 is 4.92 Å². The van der Waals surface area contributed by atoms with Crippen molar-refractivity contribution >= 4 is 23.4 Å². The van der Waals surface area contributed by atoms with Crippen molar-refractivity contribution in [1.29, 1.82) is 0 Å². The van der Waals surface area contributed by atoms with E-state index >= 15 is 0 Å². The highest BCUT2D eigenvalue weighted by Gasteiger charge is 2.06. The van der Waals surface area contributed by atoms with Crippen molar-refractivity contribution in [2.24, 2.45) is 0 Å². The summed E-state index contributed by atoms with van der Waals surface area (Å²) in [4.78, 5) is 12.0. The topological polar surface area (TPSA) is 46.4 Å². The molecule has 86 valence electrons. The fraction of sp³-hybridized carbons (Fsp3) is 0.273. The molecule has 0 N–H and O–H groups in total. The van der Waals surface area contributed by atoms with E-state index in [1.807, 2.05) is 25.1 Å². The van der Waals surface area contributed by atoms with Gasteiger partial charge in [0.25, 0.3) is 0 Å². The van der Waals surface area contributed by atoms with Crippen LogP contribution in [-0.2, 0) is 0 Å². The van der Waals surface area contributed by atoms with Gasteiger partial charge in [0, 0.05) is 32.8 Å². The predicted molar refractivity (Wildman–Crippen MR) is 66.4 cm³/mol. The van der Waals surface area contributed by atoms with Gasteiger partial charge in [-0.15, -0.1) is 0 Å². The molecule has 1 aromatic rings. The van der Waals surface area contributed by atoms with Gasteiger partial charge in [0.2, 0.25) is 5.70 Å². The Morgan fingerprint density at radius 1 is 1.50 bits per heavy atom. The third-order valence-corrected chi connectivity index (χ3v) is 2.48. The summed E-state index contributed by atoms with van der Waals surface area (Å²) >= 11 is 6.03. The van der Waals surface area contributed by atoms with Gasteiger partial charge < -0.3 is 4.90 Å². The highest BCUT2D eigenvalue weighted by atomic mass is 35.5. The molecule has 0 aliphatic carbocycles. The molecule has 0 radical (unpaired) electrons. The number of nitro groups is 1. The van der Waals surface area contributed by atoms with E-state index in [1.54, 1.807) is 12.1 Å². The lowest BCUT2D eigenvalue weighted by Crippen LogP contribution is -2.08. The molecule has 0 amide bonds. The lowest BCUT2D eigenvalue weighted by molar-refractivity contribution is -0.422. The largest absolute Gasteiger partial charge is 0.378 e. The number of halogens is 1. The van der Waals surface area contributed by atoms with Crippen LogP contribution < -0.4 is 4.90 Å². The van der Waals surface area contributed by atoms with Crippen LogP contribution in [0.25, 0.3) is 6.08 Å². The number of allylic oxidation sites excluding steroid dienone is 1. The maximum absolute atomic E-state index is 10.5. The van der Waals surface area contributed by atoms with Gasteiger partial charge in [0.05, 0.1) is 9.95 Å². The van der Waals surface area contributed by atoms with Crippen LogP contribution in [0.4, 0.5) is 5.69 Å². The minimum absolute atomic E-state index is 0.0690. The second-order valence-corrected chi connectivity index (χ2v) is 4.05. The monoisotopic (exact) mass is 240 g/mol. The molecule has 0 spiro atoms. The molecule has 4 nitrogen and oxygen atoms in total. The molecule has 16 heavy (non-hydrogen) atoms. The number of benzene rings is 1. The minimum atomic E-state index is -0.434. The molecular formula is C11H13ClN2O2. The number of hydrogen-bond donors (Lipinski definition) is 0. The van der Waals surface area contributed by atoms with Crippen molar-refractivity contribution in [3.05, 3.63) is 44.6 Å². The first-order valence-electron chi connectivity index (χ1n) is 4.71. The first-order chi connectivity index (χ1) is 7.41. The molecule has 0 saturated carbocycles. The average molecular weight is 241 g/mol. The van der Waals surface area contributed by atoms with E-state index in [0.29, 0.717) is 10.6 Å². The molecule has 0 aliphatic heterocycles. The van der Waals surface area contributed by atoms with Crippen molar-refractivity contribution in [1.82, 2.24) is 0 Å². The Morgan fingerprint density at radius 3 is 2.56 bits per heavy atom. The molecule has 1 rings (SSSR count). The first-order valence-corrected chi connectivity index (χ1v) is 5.09. The average Bonchev–Trinajstić information content (AvgIpc) is 2.20. The molecule has 0 aromatic heterocycles. The Hall–Kier alpha value is -1.55. The van der Waals surface area contributed by atoms with Crippen molar-refractivity contribution in [3.8, 4) is 0 Å². The maximum atomic E-state index is 10.5. The Labute approximate surface area is 99.3 Å². The molecule has 1 aromatic carbocycles. The highest BCUT2D eigenvalue weighted by Crippen LogP contribution is 2.24. The van der Waals surface area contributed by atoms with E-state index in [1.165, 1.54) is 13.0 Å². The summed E-state index contributed by atoms with van der Waals surface area (Å²) in [6.45, 7) is 1.44. The van der Waals surface area contributed by atoms with Crippen LogP contribution >= 0.6 is 11.6 Å². The van der Waals surface area contributed by atoms with Crippen LogP contribution in [0, 0.1) is 10.1 Å². The molecule has 0 atom stereocenters. The minimum Gasteiger partial charge on any atom is -0.378 e. The van der Waals surface area contributed by atoms with Gasteiger partial charge in [-0.1, -0.05) is 17.7 Å². The summed E-state index contributed by atoms with van der Waals surface area (Å²) in [7, 11) is 3.81. The molecule has 0 heterocycles. The van der Waals surface area contributed by atoms with Crippen LogP contribution in [0.5, 0.6) is 0 Å². The molecule has 0 bridgehead atoms. The van der Waals surface area contributed by atoms with Crippen LogP contribution in [0.15, 0.2) is 23.9 Å². The van der Waals surface area contributed by atoms with Crippen molar-refractivity contribution in [2.45, 2.75) is 6.92 Å². The number of anilines is 1. The van der Waals surface area contributed by atoms with E-state index in [9.17, 15) is 10.1 Å². The summed E-state index contributed by atoms with van der Waals surface area (Å²) in [6, 6.07) is 5.41. The number of nitrogens with zero attached hydrogens (tertiary/aromatic N) is 2. The molecule has 0 aliphatic rings. The normalized spacial score (nSPS) is 11.4. The van der Waals surface area contributed by atoms with Crippen molar-refractivity contribution < 1.29 is 4.92 Å². The third kappa shape index (κ3) is 2.97. The zero-order chi connectivity index (χ0) is 12.3. The smallest absolute Gasteiger partial charge is 0.243 e. The van der Waals surface area contributed by atoms with E-state index in [-0.39, 0.29) is 5.70 Å². The standard InChI is InChI=1S/C11H13ClN2O2/c1-8(14(15)16)6-9-4-5-10(13(2)3)7-11(9)12/h4-7H,1-3H3/b8-6+. The van der Waals surface area contributed by atoms with Crippen LogP contribution in [0.1, 0.15) is 12.5 Å².